The van der Waals surface area contributed by atoms with Gasteiger partial charge in [-0.2, -0.15) is 0 Å². The van der Waals surface area contributed by atoms with E-state index in [2.05, 4.69) is 31.3 Å². The zero-order valence-electron chi connectivity index (χ0n) is 12.8. The van der Waals surface area contributed by atoms with Crippen molar-refractivity contribution in [1.82, 2.24) is 5.32 Å². The summed E-state index contributed by atoms with van der Waals surface area (Å²) in [6.45, 7) is 6.11. The van der Waals surface area contributed by atoms with E-state index in [4.69, 9.17) is 14.2 Å². The molecule has 112 valence electrons. The molecule has 0 aliphatic carbocycles. The summed E-state index contributed by atoms with van der Waals surface area (Å²) in [5, 5.41) is 3.54. The molecule has 4 heteroatoms. The quantitative estimate of drug-likeness (QED) is 0.869. The summed E-state index contributed by atoms with van der Waals surface area (Å²) < 4.78 is 16.7. The molecule has 1 aliphatic heterocycles. The molecule has 1 aromatic carbocycles. The van der Waals surface area contributed by atoms with Crippen LogP contribution in [0.15, 0.2) is 18.2 Å². The number of ether oxygens (including phenoxy) is 3. The highest BCUT2D eigenvalue weighted by Crippen LogP contribution is 2.34. The third-order valence-corrected chi connectivity index (χ3v) is 3.93. The van der Waals surface area contributed by atoms with Gasteiger partial charge in [0, 0.05) is 12.7 Å². The van der Waals surface area contributed by atoms with Crippen molar-refractivity contribution in [3.63, 3.8) is 0 Å². The molecule has 4 nitrogen and oxygen atoms in total. The van der Waals surface area contributed by atoms with Crippen LogP contribution in [0.1, 0.15) is 31.9 Å². The van der Waals surface area contributed by atoms with Crippen LogP contribution < -0.4 is 14.8 Å². The van der Waals surface area contributed by atoms with Gasteiger partial charge in [-0.1, -0.05) is 13.8 Å². The van der Waals surface area contributed by atoms with Crippen LogP contribution in [-0.2, 0) is 4.74 Å². The molecule has 1 saturated heterocycles. The van der Waals surface area contributed by atoms with E-state index in [-0.39, 0.29) is 12.1 Å². The van der Waals surface area contributed by atoms with Gasteiger partial charge in [-0.05, 0) is 36.6 Å². The molecule has 0 spiro atoms. The van der Waals surface area contributed by atoms with Crippen molar-refractivity contribution >= 4 is 0 Å². The number of rotatable bonds is 6. The molecule has 0 amide bonds. The van der Waals surface area contributed by atoms with Gasteiger partial charge in [0.1, 0.15) is 11.5 Å². The number of benzene rings is 1. The fourth-order valence-electron chi connectivity index (χ4n) is 2.80. The van der Waals surface area contributed by atoms with Gasteiger partial charge >= 0.3 is 0 Å². The fraction of sp³-hybridized carbons (Fsp3) is 0.625. The molecule has 3 atom stereocenters. The lowest BCUT2D eigenvalue weighted by Crippen LogP contribution is -2.34. The van der Waals surface area contributed by atoms with E-state index < -0.39 is 0 Å². The molecule has 20 heavy (non-hydrogen) atoms. The van der Waals surface area contributed by atoms with E-state index >= 15 is 0 Å². The fourth-order valence-corrected chi connectivity index (χ4v) is 2.80. The Balaban J connectivity index is 2.32. The Bertz CT molecular complexity index is 413. The third kappa shape index (κ3) is 3.25. The molecular weight excluding hydrogens is 254 g/mol. The van der Waals surface area contributed by atoms with Crippen LogP contribution in [0.25, 0.3) is 0 Å². The average molecular weight is 279 g/mol. The molecular formula is C16H25NO3. The first-order valence-corrected chi connectivity index (χ1v) is 7.27. The topological polar surface area (TPSA) is 39.7 Å². The summed E-state index contributed by atoms with van der Waals surface area (Å²) in [5.41, 5.74) is 1.15. The van der Waals surface area contributed by atoms with E-state index in [9.17, 15) is 0 Å². The molecule has 0 saturated carbocycles. The molecule has 3 unspecified atom stereocenters. The van der Waals surface area contributed by atoms with Crippen LogP contribution in [0.4, 0.5) is 0 Å². The van der Waals surface area contributed by atoms with E-state index in [1.54, 1.807) is 14.2 Å². The summed E-state index contributed by atoms with van der Waals surface area (Å²) in [7, 11) is 3.35. The molecule has 1 N–H and O–H groups in total. The van der Waals surface area contributed by atoms with Gasteiger partial charge < -0.3 is 19.5 Å². The Kier molecular flexibility index (Phi) is 5.26. The number of hydrogen-bond donors (Lipinski definition) is 1. The standard InChI is InChI=1S/C16H25NO3/c1-5-17-15(16-11(2)6-7-20-16)12-8-13(18-3)10-14(9-12)19-4/h8-11,15-17H,5-7H2,1-4H3. The highest BCUT2D eigenvalue weighted by atomic mass is 16.5. The second-order valence-electron chi connectivity index (χ2n) is 5.28. The maximum absolute atomic E-state index is 5.94. The first-order valence-electron chi connectivity index (χ1n) is 7.27. The minimum Gasteiger partial charge on any atom is -0.497 e. The van der Waals surface area contributed by atoms with Gasteiger partial charge in [-0.3, -0.25) is 0 Å². The zero-order valence-corrected chi connectivity index (χ0v) is 12.8. The summed E-state index contributed by atoms with van der Waals surface area (Å²) in [6, 6.07) is 6.18. The molecule has 2 rings (SSSR count). The smallest absolute Gasteiger partial charge is 0.122 e. The summed E-state index contributed by atoms with van der Waals surface area (Å²) in [4.78, 5) is 0. The zero-order chi connectivity index (χ0) is 14.5. The molecule has 1 aromatic rings. The number of nitrogens with one attached hydrogen (secondary N) is 1. The number of methoxy groups -OCH3 is 2. The first-order chi connectivity index (χ1) is 9.69. The maximum atomic E-state index is 5.94. The number of likely N-dealkylation sites (N-methyl/N-ethyl adjacent to an activating group) is 1. The lowest BCUT2D eigenvalue weighted by atomic mass is 9.92. The van der Waals surface area contributed by atoms with Crippen LogP contribution in [-0.4, -0.2) is 33.5 Å². The van der Waals surface area contributed by atoms with E-state index in [1.165, 1.54) is 0 Å². The lowest BCUT2D eigenvalue weighted by molar-refractivity contribution is 0.0611. The highest BCUT2D eigenvalue weighted by Gasteiger charge is 2.33. The van der Waals surface area contributed by atoms with Gasteiger partial charge in [0.15, 0.2) is 0 Å². The second-order valence-corrected chi connectivity index (χ2v) is 5.28. The third-order valence-electron chi connectivity index (χ3n) is 3.93. The normalized spacial score (nSPS) is 23.6. The van der Waals surface area contributed by atoms with Crippen molar-refractivity contribution < 1.29 is 14.2 Å². The Morgan fingerprint density at radius 2 is 1.90 bits per heavy atom. The van der Waals surface area contributed by atoms with Crippen LogP contribution >= 0.6 is 0 Å². The maximum Gasteiger partial charge on any atom is 0.122 e. The van der Waals surface area contributed by atoms with Crippen molar-refractivity contribution in [3.05, 3.63) is 23.8 Å². The van der Waals surface area contributed by atoms with Crippen molar-refractivity contribution in [1.29, 1.82) is 0 Å². The molecule has 0 bridgehead atoms. The molecule has 1 fully saturated rings. The molecule has 1 heterocycles. The van der Waals surface area contributed by atoms with E-state index in [0.717, 1.165) is 36.6 Å². The highest BCUT2D eigenvalue weighted by molar-refractivity contribution is 5.40. The largest absolute Gasteiger partial charge is 0.497 e. The number of hydrogen-bond acceptors (Lipinski definition) is 4. The Morgan fingerprint density at radius 1 is 1.25 bits per heavy atom. The van der Waals surface area contributed by atoms with Gasteiger partial charge in [-0.25, -0.2) is 0 Å². The molecule has 0 radical (unpaired) electrons. The van der Waals surface area contributed by atoms with E-state index in [0.29, 0.717) is 5.92 Å². The monoisotopic (exact) mass is 279 g/mol. The van der Waals surface area contributed by atoms with Crippen molar-refractivity contribution in [2.45, 2.75) is 32.4 Å². The summed E-state index contributed by atoms with van der Waals surface area (Å²) >= 11 is 0. The van der Waals surface area contributed by atoms with Crippen LogP contribution in [0.3, 0.4) is 0 Å². The SMILES string of the molecule is CCNC(c1cc(OC)cc(OC)c1)C1OCCC1C. The predicted molar refractivity (Wildman–Crippen MR) is 79.5 cm³/mol. The van der Waals surface area contributed by atoms with Crippen molar-refractivity contribution in [2.75, 3.05) is 27.4 Å². The van der Waals surface area contributed by atoms with Crippen LogP contribution in [0, 0.1) is 5.92 Å². The van der Waals surface area contributed by atoms with Gasteiger partial charge in [0.25, 0.3) is 0 Å². The van der Waals surface area contributed by atoms with Gasteiger partial charge in [0.05, 0.1) is 26.4 Å². The summed E-state index contributed by atoms with van der Waals surface area (Å²) in [5.74, 6) is 2.18. The average Bonchev–Trinajstić information content (AvgIpc) is 2.90. The van der Waals surface area contributed by atoms with Crippen LogP contribution in [0.5, 0.6) is 11.5 Å². The summed E-state index contributed by atoms with van der Waals surface area (Å²) in [6.07, 6.45) is 1.32. The first kappa shape index (κ1) is 15.1. The second kappa shape index (κ2) is 6.95. The van der Waals surface area contributed by atoms with Gasteiger partial charge in [0.2, 0.25) is 0 Å². The molecule has 0 aromatic heterocycles. The minimum absolute atomic E-state index is 0.168. The van der Waals surface area contributed by atoms with E-state index in [1.807, 2.05) is 6.07 Å². The van der Waals surface area contributed by atoms with Gasteiger partial charge in [-0.15, -0.1) is 0 Å². The Morgan fingerprint density at radius 3 is 2.35 bits per heavy atom. The van der Waals surface area contributed by atoms with Crippen molar-refractivity contribution in [2.24, 2.45) is 5.92 Å². The lowest BCUT2D eigenvalue weighted by Gasteiger charge is -2.28. The minimum atomic E-state index is 0.168. The Hall–Kier alpha value is -1.26. The molecule has 1 aliphatic rings. The van der Waals surface area contributed by atoms with Crippen molar-refractivity contribution in [3.8, 4) is 11.5 Å². The van der Waals surface area contributed by atoms with Crippen LogP contribution in [0.2, 0.25) is 0 Å². The Labute approximate surface area is 121 Å². The predicted octanol–water partition coefficient (Wildman–Crippen LogP) is 2.78.